The lowest BCUT2D eigenvalue weighted by molar-refractivity contribution is 0.140. The molecule has 1 unspecified atom stereocenters. The summed E-state index contributed by atoms with van der Waals surface area (Å²) < 4.78 is 11.0. The molecule has 1 aromatic rings. The van der Waals surface area contributed by atoms with Gasteiger partial charge in [-0.25, -0.2) is 0 Å². The van der Waals surface area contributed by atoms with Crippen molar-refractivity contribution in [3.05, 3.63) is 29.3 Å². The van der Waals surface area contributed by atoms with Crippen molar-refractivity contribution in [3.8, 4) is 5.75 Å². The molecule has 1 N–H and O–H groups in total. The minimum absolute atomic E-state index is 0.597. The van der Waals surface area contributed by atoms with Gasteiger partial charge in [0.1, 0.15) is 5.75 Å². The highest BCUT2D eigenvalue weighted by atomic mass is 16.5. The van der Waals surface area contributed by atoms with E-state index in [2.05, 4.69) is 37.4 Å². The molecule has 0 aromatic heterocycles. The van der Waals surface area contributed by atoms with Gasteiger partial charge < -0.3 is 14.8 Å². The van der Waals surface area contributed by atoms with Crippen LogP contribution < -0.4 is 10.1 Å². The molecule has 0 radical (unpaired) electrons. The van der Waals surface area contributed by atoms with E-state index in [1.54, 1.807) is 0 Å². The standard InChI is InChI=1S/C18H29NO2/c1-3-19-17(6-5-12-20-4-2)9-7-15-8-10-18-16(14-15)11-13-21-18/h8,10,14,17,19H,3-7,9,11-13H2,1-2H3. The molecule has 1 aromatic carbocycles. The summed E-state index contributed by atoms with van der Waals surface area (Å²) in [5, 5.41) is 3.60. The Kier molecular flexibility index (Phi) is 7.04. The molecule has 1 aliphatic heterocycles. The summed E-state index contributed by atoms with van der Waals surface area (Å²) in [7, 11) is 0. The van der Waals surface area contributed by atoms with E-state index in [4.69, 9.17) is 9.47 Å². The van der Waals surface area contributed by atoms with Crippen LogP contribution in [-0.4, -0.2) is 32.4 Å². The molecule has 1 atom stereocenters. The van der Waals surface area contributed by atoms with Crippen LogP contribution in [0.25, 0.3) is 0 Å². The van der Waals surface area contributed by atoms with Gasteiger partial charge >= 0.3 is 0 Å². The summed E-state index contributed by atoms with van der Waals surface area (Å²) in [5.74, 6) is 1.08. The van der Waals surface area contributed by atoms with Crippen molar-refractivity contribution in [2.24, 2.45) is 0 Å². The Morgan fingerprint density at radius 1 is 1.29 bits per heavy atom. The van der Waals surface area contributed by atoms with E-state index in [0.717, 1.165) is 51.4 Å². The predicted octanol–water partition coefficient (Wildman–Crippen LogP) is 3.35. The Balaban J connectivity index is 1.77. The molecule has 1 aliphatic rings. The van der Waals surface area contributed by atoms with E-state index in [1.807, 2.05) is 0 Å². The van der Waals surface area contributed by atoms with Gasteiger partial charge in [0.15, 0.2) is 0 Å². The fourth-order valence-corrected chi connectivity index (χ4v) is 2.95. The maximum atomic E-state index is 5.57. The van der Waals surface area contributed by atoms with Crippen LogP contribution in [-0.2, 0) is 17.6 Å². The quantitative estimate of drug-likeness (QED) is 0.671. The molecule has 2 rings (SSSR count). The summed E-state index contributed by atoms with van der Waals surface area (Å²) in [6.07, 6.45) is 5.73. The van der Waals surface area contributed by atoms with Gasteiger partial charge in [0.05, 0.1) is 6.61 Å². The van der Waals surface area contributed by atoms with E-state index in [0.29, 0.717) is 6.04 Å². The normalized spacial score (nSPS) is 14.8. The number of fused-ring (bicyclic) bond motifs is 1. The highest BCUT2D eigenvalue weighted by molar-refractivity contribution is 5.39. The Morgan fingerprint density at radius 2 is 2.19 bits per heavy atom. The van der Waals surface area contributed by atoms with E-state index in [9.17, 15) is 0 Å². The SMILES string of the molecule is CCNC(CCCOCC)CCc1ccc2c(c1)CCO2. The van der Waals surface area contributed by atoms with Crippen LogP contribution in [0.4, 0.5) is 0 Å². The monoisotopic (exact) mass is 291 g/mol. The molecule has 0 saturated carbocycles. The second-order valence-corrected chi connectivity index (χ2v) is 5.67. The van der Waals surface area contributed by atoms with E-state index >= 15 is 0 Å². The molecule has 0 bridgehead atoms. The van der Waals surface area contributed by atoms with Gasteiger partial charge in [-0.2, -0.15) is 0 Å². The van der Waals surface area contributed by atoms with Gasteiger partial charge in [0.25, 0.3) is 0 Å². The van der Waals surface area contributed by atoms with Crippen molar-refractivity contribution in [1.82, 2.24) is 5.32 Å². The summed E-state index contributed by atoms with van der Waals surface area (Å²) in [5.41, 5.74) is 2.82. The third-order valence-electron chi connectivity index (χ3n) is 4.07. The molecule has 0 saturated heterocycles. The molecule has 1 heterocycles. The minimum atomic E-state index is 0.597. The molecule has 3 nitrogen and oxygen atoms in total. The van der Waals surface area contributed by atoms with Crippen molar-refractivity contribution in [3.63, 3.8) is 0 Å². The topological polar surface area (TPSA) is 30.5 Å². The van der Waals surface area contributed by atoms with Crippen LogP contribution in [0.5, 0.6) is 5.75 Å². The summed E-state index contributed by atoms with van der Waals surface area (Å²) >= 11 is 0. The number of benzene rings is 1. The summed E-state index contributed by atoms with van der Waals surface area (Å²) in [6, 6.07) is 7.27. The molecule has 0 aliphatic carbocycles. The lowest BCUT2D eigenvalue weighted by Crippen LogP contribution is -2.29. The van der Waals surface area contributed by atoms with Gasteiger partial charge in [-0.3, -0.25) is 0 Å². The molecule has 3 heteroatoms. The van der Waals surface area contributed by atoms with E-state index in [1.165, 1.54) is 24.0 Å². The van der Waals surface area contributed by atoms with Crippen LogP contribution in [0.2, 0.25) is 0 Å². The molecular weight excluding hydrogens is 262 g/mol. The van der Waals surface area contributed by atoms with E-state index < -0.39 is 0 Å². The Labute approximate surface area is 129 Å². The average Bonchev–Trinajstić information content (AvgIpc) is 2.96. The van der Waals surface area contributed by atoms with Gasteiger partial charge in [-0.1, -0.05) is 19.1 Å². The zero-order valence-electron chi connectivity index (χ0n) is 13.5. The molecule has 21 heavy (non-hydrogen) atoms. The van der Waals surface area contributed by atoms with Gasteiger partial charge in [0.2, 0.25) is 0 Å². The third kappa shape index (κ3) is 5.33. The number of ether oxygens (including phenoxy) is 2. The number of nitrogens with one attached hydrogen (secondary N) is 1. The smallest absolute Gasteiger partial charge is 0.122 e. The molecule has 0 spiro atoms. The summed E-state index contributed by atoms with van der Waals surface area (Å²) in [6.45, 7) is 7.83. The second kappa shape index (κ2) is 9.06. The first-order valence-corrected chi connectivity index (χ1v) is 8.39. The molecule has 0 amide bonds. The third-order valence-corrected chi connectivity index (χ3v) is 4.07. The van der Waals surface area contributed by atoms with Crippen LogP contribution in [0.3, 0.4) is 0 Å². The highest BCUT2D eigenvalue weighted by Crippen LogP contribution is 2.26. The van der Waals surface area contributed by atoms with Crippen LogP contribution >= 0.6 is 0 Å². The van der Waals surface area contributed by atoms with E-state index in [-0.39, 0.29) is 0 Å². The molecular formula is C18H29NO2. The Bertz CT molecular complexity index is 420. The second-order valence-electron chi connectivity index (χ2n) is 5.67. The minimum Gasteiger partial charge on any atom is -0.493 e. The lowest BCUT2D eigenvalue weighted by Gasteiger charge is -2.18. The number of hydrogen-bond acceptors (Lipinski definition) is 3. The van der Waals surface area contributed by atoms with Crippen LogP contribution in [0, 0.1) is 0 Å². The first kappa shape index (κ1) is 16.3. The first-order chi connectivity index (χ1) is 10.3. The largest absolute Gasteiger partial charge is 0.493 e. The van der Waals surface area contributed by atoms with Gasteiger partial charge in [-0.15, -0.1) is 0 Å². The predicted molar refractivity (Wildman–Crippen MR) is 87.2 cm³/mol. The molecule has 118 valence electrons. The van der Waals surface area contributed by atoms with Crippen LogP contribution in [0.1, 0.15) is 44.2 Å². The maximum absolute atomic E-state index is 5.57. The zero-order valence-corrected chi connectivity index (χ0v) is 13.5. The first-order valence-electron chi connectivity index (χ1n) is 8.39. The molecule has 0 fully saturated rings. The van der Waals surface area contributed by atoms with Crippen molar-refractivity contribution in [2.75, 3.05) is 26.4 Å². The van der Waals surface area contributed by atoms with Crippen molar-refractivity contribution >= 4 is 0 Å². The maximum Gasteiger partial charge on any atom is 0.122 e. The zero-order chi connectivity index (χ0) is 14.9. The van der Waals surface area contributed by atoms with Gasteiger partial charge in [0, 0.05) is 25.7 Å². The van der Waals surface area contributed by atoms with Gasteiger partial charge in [-0.05, 0) is 56.3 Å². The fraction of sp³-hybridized carbons (Fsp3) is 0.667. The van der Waals surface area contributed by atoms with Crippen LogP contribution in [0.15, 0.2) is 18.2 Å². The van der Waals surface area contributed by atoms with Crippen molar-refractivity contribution in [1.29, 1.82) is 0 Å². The van der Waals surface area contributed by atoms with Crippen molar-refractivity contribution < 1.29 is 9.47 Å². The number of aryl methyl sites for hydroxylation is 1. The van der Waals surface area contributed by atoms with Crippen molar-refractivity contribution in [2.45, 2.75) is 52.0 Å². The lowest BCUT2D eigenvalue weighted by atomic mass is 9.99. The average molecular weight is 291 g/mol. The number of rotatable bonds is 10. The highest BCUT2D eigenvalue weighted by Gasteiger charge is 2.13. The Morgan fingerprint density at radius 3 is 3.00 bits per heavy atom. The fourth-order valence-electron chi connectivity index (χ4n) is 2.95. The summed E-state index contributed by atoms with van der Waals surface area (Å²) in [4.78, 5) is 0. The number of hydrogen-bond donors (Lipinski definition) is 1. The Hall–Kier alpha value is -1.06.